The average molecular weight is 479 g/mol. The predicted octanol–water partition coefficient (Wildman–Crippen LogP) is 4.56. The van der Waals surface area contributed by atoms with Crippen molar-refractivity contribution in [2.24, 2.45) is 17.8 Å². The molecule has 2 aliphatic rings. The van der Waals surface area contributed by atoms with Crippen molar-refractivity contribution in [3.8, 4) is 11.1 Å². The Morgan fingerprint density at radius 1 is 0.971 bits per heavy atom. The molecule has 7 nitrogen and oxygen atoms in total. The zero-order valence-electron chi connectivity index (χ0n) is 20.2. The van der Waals surface area contributed by atoms with E-state index in [1.54, 1.807) is 0 Å². The molecule has 2 atom stereocenters. The topological polar surface area (TPSA) is 105 Å². The van der Waals surface area contributed by atoms with Crippen LogP contribution in [0.4, 0.5) is 4.79 Å². The second kappa shape index (κ2) is 11.4. The molecule has 4 rings (SSSR count). The summed E-state index contributed by atoms with van der Waals surface area (Å²) in [5.41, 5.74) is 4.63. The first kappa shape index (κ1) is 24.8. The van der Waals surface area contributed by atoms with Crippen LogP contribution in [0.15, 0.2) is 48.5 Å². The molecule has 7 heteroatoms. The van der Waals surface area contributed by atoms with Crippen molar-refractivity contribution in [1.82, 2.24) is 10.6 Å². The Morgan fingerprint density at radius 2 is 1.60 bits per heavy atom. The number of ether oxygens (including phenoxy) is 1. The summed E-state index contributed by atoms with van der Waals surface area (Å²) in [7, 11) is 0. The first-order valence-corrected chi connectivity index (χ1v) is 12.6. The first-order chi connectivity index (χ1) is 17.0. The SMILES string of the molecule is CCCC(CNC(=O)C(CNC(=O)OCC1c2ccccc2-c2ccccc21)C1CCC1)C(=O)O. The fourth-order valence-corrected chi connectivity index (χ4v) is 5.17. The van der Waals surface area contributed by atoms with E-state index in [4.69, 9.17) is 4.74 Å². The Labute approximate surface area is 206 Å². The van der Waals surface area contributed by atoms with Crippen molar-refractivity contribution in [3.63, 3.8) is 0 Å². The molecule has 2 amide bonds. The average Bonchev–Trinajstić information content (AvgIpc) is 3.15. The van der Waals surface area contributed by atoms with Gasteiger partial charge in [-0.25, -0.2) is 4.79 Å². The third-order valence-electron chi connectivity index (χ3n) is 7.37. The van der Waals surface area contributed by atoms with Crippen molar-refractivity contribution >= 4 is 18.0 Å². The first-order valence-electron chi connectivity index (χ1n) is 12.6. The zero-order valence-corrected chi connectivity index (χ0v) is 20.2. The molecular weight excluding hydrogens is 444 g/mol. The van der Waals surface area contributed by atoms with Gasteiger partial charge in [-0.2, -0.15) is 0 Å². The highest BCUT2D eigenvalue weighted by Gasteiger charge is 2.34. The van der Waals surface area contributed by atoms with Gasteiger partial charge in [-0.05, 0) is 47.4 Å². The largest absolute Gasteiger partial charge is 0.481 e. The molecule has 186 valence electrons. The maximum absolute atomic E-state index is 12.9. The van der Waals surface area contributed by atoms with Crippen LogP contribution in [0.2, 0.25) is 0 Å². The molecule has 2 aliphatic carbocycles. The van der Waals surface area contributed by atoms with Crippen LogP contribution in [-0.4, -0.2) is 42.8 Å². The highest BCUT2D eigenvalue weighted by Crippen LogP contribution is 2.44. The van der Waals surface area contributed by atoms with Crippen LogP contribution < -0.4 is 10.6 Å². The van der Waals surface area contributed by atoms with E-state index < -0.39 is 18.0 Å². The zero-order chi connectivity index (χ0) is 24.8. The number of alkyl carbamates (subject to hydrolysis) is 1. The third-order valence-corrected chi connectivity index (χ3v) is 7.37. The molecule has 1 saturated carbocycles. The number of hydrogen-bond acceptors (Lipinski definition) is 4. The van der Waals surface area contributed by atoms with Gasteiger partial charge in [-0.3, -0.25) is 9.59 Å². The summed E-state index contributed by atoms with van der Waals surface area (Å²) in [4.78, 5) is 36.8. The number of hydrogen-bond donors (Lipinski definition) is 3. The molecule has 2 aromatic rings. The number of amides is 2. The minimum Gasteiger partial charge on any atom is -0.481 e. The number of carbonyl (C=O) groups excluding carboxylic acids is 2. The lowest BCUT2D eigenvalue weighted by Gasteiger charge is -2.33. The quantitative estimate of drug-likeness (QED) is 0.439. The second-order valence-electron chi connectivity index (χ2n) is 9.57. The highest BCUT2D eigenvalue weighted by atomic mass is 16.5. The lowest BCUT2D eigenvalue weighted by Crippen LogP contribution is -2.46. The summed E-state index contributed by atoms with van der Waals surface area (Å²) in [5.74, 6) is -1.91. The predicted molar refractivity (Wildman–Crippen MR) is 133 cm³/mol. The molecule has 0 saturated heterocycles. The van der Waals surface area contributed by atoms with Crippen molar-refractivity contribution in [3.05, 3.63) is 59.7 Å². The Bertz CT molecular complexity index is 1020. The summed E-state index contributed by atoms with van der Waals surface area (Å²) in [5, 5.41) is 14.9. The fraction of sp³-hybridized carbons (Fsp3) is 0.464. The summed E-state index contributed by atoms with van der Waals surface area (Å²) < 4.78 is 5.60. The number of rotatable bonds is 11. The molecule has 2 unspecified atom stereocenters. The van der Waals surface area contributed by atoms with Gasteiger partial charge in [-0.1, -0.05) is 68.3 Å². The van der Waals surface area contributed by atoms with E-state index in [1.165, 1.54) is 11.1 Å². The van der Waals surface area contributed by atoms with Gasteiger partial charge in [0.2, 0.25) is 5.91 Å². The minimum absolute atomic E-state index is 0.0228. The number of carboxylic acids is 1. The van der Waals surface area contributed by atoms with Gasteiger partial charge >= 0.3 is 12.1 Å². The molecule has 0 bridgehead atoms. The van der Waals surface area contributed by atoms with Crippen molar-refractivity contribution in [1.29, 1.82) is 0 Å². The van der Waals surface area contributed by atoms with Crippen LogP contribution >= 0.6 is 0 Å². The highest BCUT2D eigenvalue weighted by molar-refractivity contribution is 5.81. The Balaban J connectivity index is 1.32. The van der Waals surface area contributed by atoms with E-state index in [9.17, 15) is 19.5 Å². The van der Waals surface area contributed by atoms with E-state index in [0.29, 0.717) is 6.42 Å². The van der Waals surface area contributed by atoms with Gasteiger partial charge in [0.1, 0.15) is 6.61 Å². The second-order valence-corrected chi connectivity index (χ2v) is 9.57. The van der Waals surface area contributed by atoms with Crippen molar-refractivity contribution < 1.29 is 24.2 Å². The van der Waals surface area contributed by atoms with Crippen LogP contribution in [0.1, 0.15) is 56.1 Å². The van der Waals surface area contributed by atoms with Gasteiger partial charge < -0.3 is 20.5 Å². The van der Waals surface area contributed by atoms with Gasteiger partial charge in [0.25, 0.3) is 0 Å². The number of benzene rings is 2. The molecule has 0 spiro atoms. The molecular formula is C28H34N2O5. The molecule has 0 aliphatic heterocycles. The van der Waals surface area contributed by atoms with E-state index >= 15 is 0 Å². The van der Waals surface area contributed by atoms with Crippen LogP contribution in [0.25, 0.3) is 11.1 Å². The summed E-state index contributed by atoms with van der Waals surface area (Å²) in [6.45, 7) is 2.43. The summed E-state index contributed by atoms with van der Waals surface area (Å²) in [6.07, 6.45) is 3.64. The van der Waals surface area contributed by atoms with Crippen molar-refractivity contribution in [2.75, 3.05) is 19.7 Å². The molecule has 0 heterocycles. The molecule has 3 N–H and O–H groups in total. The Hall–Kier alpha value is -3.35. The number of carboxylic acid groups (broad SMARTS) is 1. The van der Waals surface area contributed by atoms with Crippen LogP contribution in [0.3, 0.4) is 0 Å². The van der Waals surface area contributed by atoms with Crippen LogP contribution in [0.5, 0.6) is 0 Å². The van der Waals surface area contributed by atoms with Gasteiger partial charge in [0.05, 0.1) is 11.8 Å². The number of fused-ring (bicyclic) bond motifs is 3. The monoisotopic (exact) mass is 478 g/mol. The number of aliphatic carboxylic acids is 1. The third kappa shape index (κ3) is 5.66. The molecule has 1 fully saturated rings. The van der Waals surface area contributed by atoms with E-state index in [1.807, 2.05) is 31.2 Å². The Morgan fingerprint density at radius 3 is 2.14 bits per heavy atom. The van der Waals surface area contributed by atoms with E-state index in [0.717, 1.165) is 36.8 Å². The standard InChI is InChI=1S/C28H34N2O5/c1-2-8-19(27(32)33)15-29-26(31)24(18-9-7-10-18)16-30-28(34)35-17-25-22-13-5-3-11-20(22)21-12-4-6-14-23(21)25/h3-6,11-14,18-19,24-25H,2,7-10,15-17H2,1H3,(H,29,31)(H,30,34)(H,32,33). The smallest absolute Gasteiger partial charge is 0.407 e. The van der Waals surface area contributed by atoms with E-state index in [2.05, 4.69) is 34.9 Å². The van der Waals surface area contributed by atoms with E-state index in [-0.39, 0.29) is 43.4 Å². The molecule has 0 radical (unpaired) electrons. The summed E-state index contributed by atoms with van der Waals surface area (Å²) in [6, 6.07) is 16.3. The minimum atomic E-state index is -0.899. The lowest BCUT2D eigenvalue weighted by molar-refractivity contribution is -0.142. The van der Waals surface area contributed by atoms with Gasteiger partial charge in [0, 0.05) is 19.0 Å². The van der Waals surface area contributed by atoms with Crippen LogP contribution in [-0.2, 0) is 14.3 Å². The normalized spacial score (nSPS) is 16.4. The van der Waals surface area contributed by atoms with Crippen LogP contribution in [0, 0.1) is 17.8 Å². The maximum Gasteiger partial charge on any atom is 0.407 e. The lowest BCUT2D eigenvalue weighted by atomic mass is 9.75. The fourth-order valence-electron chi connectivity index (χ4n) is 5.17. The molecule has 0 aromatic heterocycles. The number of carbonyl (C=O) groups is 3. The molecule has 2 aromatic carbocycles. The maximum atomic E-state index is 12.9. The van der Waals surface area contributed by atoms with Gasteiger partial charge in [0.15, 0.2) is 0 Å². The number of nitrogens with one attached hydrogen (secondary N) is 2. The summed E-state index contributed by atoms with van der Waals surface area (Å²) >= 11 is 0. The molecule has 35 heavy (non-hydrogen) atoms. The Kier molecular flexibility index (Phi) is 8.06. The van der Waals surface area contributed by atoms with Gasteiger partial charge in [-0.15, -0.1) is 0 Å². The van der Waals surface area contributed by atoms with Crippen molar-refractivity contribution in [2.45, 2.75) is 44.9 Å².